The van der Waals surface area contributed by atoms with Crippen LogP contribution in [0, 0.1) is 6.92 Å². The van der Waals surface area contributed by atoms with Gasteiger partial charge < -0.3 is 14.5 Å². The lowest BCUT2D eigenvalue weighted by Crippen LogP contribution is -2.31. The molecular formula is C14H19NO5. The molecule has 1 rings (SSSR count). The third kappa shape index (κ3) is 3.69. The van der Waals surface area contributed by atoms with Gasteiger partial charge in [-0.3, -0.25) is 4.79 Å². The van der Waals surface area contributed by atoms with Crippen LogP contribution in [0.3, 0.4) is 0 Å². The maximum Gasteiger partial charge on any atom is 0.344 e. The van der Waals surface area contributed by atoms with Gasteiger partial charge in [0.25, 0.3) is 0 Å². The van der Waals surface area contributed by atoms with Crippen molar-refractivity contribution in [3.8, 4) is 0 Å². The van der Waals surface area contributed by atoms with Gasteiger partial charge in [-0.05, 0) is 34.6 Å². The van der Waals surface area contributed by atoms with Crippen LogP contribution in [0.15, 0.2) is 11.0 Å². The molecule has 0 aliphatic rings. The zero-order valence-corrected chi connectivity index (χ0v) is 12.3. The summed E-state index contributed by atoms with van der Waals surface area (Å²) in [7, 11) is 0. The Kier molecular flexibility index (Phi) is 4.70. The van der Waals surface area contributed by atoms with E-state index >= 15 is 0 Å². The Morgan fingerprint density at radius 3 is 2.35 bits per heavy atom. The van der Waals surface area contributed by atoms with Crippen molar-refractivity contribution in [2.75, 3.05) is 6.61 Å². The summed E-state index contributed by atoms with van der Waals surface area (Å²) in [5.41, 5.74) is -1.45. The largest absolute Gasteiger partial charge is 0.462 e. The Hall–Kier alpha value is -2.11. The summed E-state index contributed by atoms with van der Waals surface area (Å²) in [5.74, 6) is -1.53. The van der Waals surface area contributed by atoms with Gasteiger partial charge in [-0.15, -0.1) is 0 Å². The highest BCUT2D eigenvalue weighted by atomic mass is 16.6. The second-order valence-corrected chi connectivity index (χ2v) is 5.25. The van der Waals surface area contributed by atoms with Gasteiger partial charge in [0, 0.05) is 11.9 Å². The number of aromatic amines is 1. The van der Waals surface area contributed by atoms with Crippen molar-refractivity contribution < 1.29 is 19.1 Å². The molecule has 0 radical (unpaired) electrons. The lowest BCUT2D eigenvalue weighted by atomic mass is 10.1. The molecule has 1 aromatic heterocycles. The van der Waals surface area contributed by atoms with Crippen LogP contribution in [0.1, 0.15) is 54.1 Å². The average molecular weight is 281 g/mol. The second-order valence-electron chi connectivity index (χ2n) is 5.25. The smallest absolute Gasteiger partial charge is 0.344 e. The molecule has 6 heteroatoms. The van der Waals surface area contributed by atoms with Gasteiger partial charge in [-0.1, -0.05) is 0 Å². The molecule has 110 valence electrons. The molecule has 0 saturated heterocycles. The van der Waals surface area contributed by atoms with E-state index in [1.54, 1.807) is 34.6 Å². The Morgan fingerprint density at radius 1 is 1.25 bits per heavy atom. The highest BCUT2D eigenvalue weighted by Crippen LogP contribution is 2.12. The SMILES string of the molecule is CCOC(=O)c1c[nH]c(C)c(C(=O)OC(C)(C)C)c1=O. The summed E-state index contributed by atoms with van der Waals surface area (Å²) in [6.07, 6.45) is 1.24. The van der Waals surface area contributed by atoms with Crippen molar-refractivity contribution in [1.82, 2.24) is 4.98 Å². The quantitative estimate of drug-likeness (QED) is 0.854. The molecule has 0 aliphatic carbocycles. The summed E-state index contributed by atoms with van der Waals surface area (Å²) in [6, 6.07) is 0. The van der Waals surface area contributed by atoms with Crippen molar-refractivity contribution in [2.24, 2.45) is 0 Å². The third-order valence-electron chi connectivity index (χ3n) is 2.38. The molecule has 0 bridgehead atoms. The van der Waals surface area contributed by atoms with Crippen LogP contribution in [-0.2, 0) is 9.47 Å². The predicted molar refractivity (Wildman–Crippen MR) is 72.9 cm³/mol. The lowest BCUT2D eigenvalue weighted by Gasteiger charge is -2.19. The number of nitrogens with one attached hydrogen (secondary N) is 1. The predicted octanol–water partition coefficient (Wildman–Crippen LogP) is 1.82. The van der Waals surface area contributed by atoms with Gasteiger partial charge in [0.2, 0.25) is 5.43 Å². The van der Waals surface area contributed by atoms with E-state index in [0.717, 1.165) is 0 Å². The Morgan fingerprint density at radius 2 is 1.85 bits per heavy atom. The zero-order valence-electron chi connectivity index (χ0n) is 12.3. The Labute approximate surface area is 117 Å². The van der Waals surface area contributed by atoms with E-state index in [4.69, 9.17) is 9.47 Å². The molecular weight excluding hydrogens is 262 g/mol. The maximum atomic E-state index is 12.2. The minimum absolute atomic E-state index is 0.147. The number of hydrogen-bond acceptors (Lipinski definition) is 5. The molecule has 1 aromatic rings. The number of pyridine rings is 1. The van der Waals surface area contributed by atoms with E-state index in [2.05, 4.69) is 4.98 Å². The van der Waals surface area contributed by atoms with E-state index < -0.39 is 23.0 Å². The normalized spacial score (nSPS) is 11.1. The topological polar surface area (TPSA) is 85.5 Å². The summed E-state index contributed by atoms with van der Waals surface area (Å²) in [6.45, 7) is 8.44. The second kappa shape index (κ2) is 5.90. The van der Waals surface area contributed by atoms with Gasteiger partial charge in [0.15, 0.2) is 0 Å². The minimum Gasteiger partial charge on any atom is -0.462 e. The molecule has 20 heavy (non-hydrogen) atoms. The number of hydrogen-bond donors (Lipinski definition) is 1. The molecule has 0 spiro atoms. The minimum atomic E-state index is -0.765. The number of carbonyl (C=O) groups is 2. The van der Waals surface area contributed by atoms with E-state index in [9.17, 15) is 14.4 Å². The fourth-order valence-electron chi connectivity index (χ4n) is 1.56. The highest BCUT2D eigenvalue weighted by molar-refractivity contribution is 5.95. The number of H-pyrrole nitrogens is 1. The number of aromatic nitrogens is 1. The van der Waals surface area contributed by atoms with Gasteiger partial charge >= 0.3 is 11.9 Å². The fraction of sp³-hybridized carbons (Fsp3) is 0.500. The third-order valence-corrected chi connectivity index (χ3v) is 2.38. The summed E-state index contributed by atoms with van der Waals surface area (Å²) in [5, 5.41) is 0. The van der Waals surface area contributed by atoms with Crippen molar-refractivity contribution in [1.29, 1.82) is 0 Å². The number of esters is 2. The first-order chi connectivity index (χ1) is 9.17. The van der Waals surface area contributed by atoms with Gasteiger partial charge in [-0.2, -0.15) is 0 Å². The molecule has 0 aliphatic heterocycles. The summed E-state index contributed by atoms with van der Waals surface area (Å²) in [4.78, 5) is 38.6. The van der Waals surface area contributed by atoms with Crippen molar-refractivity contribution in [3.63, 3.8) is 0 Å². The fourth-order valence-corrected chi connectivity index (χ4v) is 1.56. The molecule has 0 amide bonds. The van der Waals surface area contributed by atoms with Crippen LogP contribution >= 0.6 is 0 Å². The van der Waals surface area contributed by atoms with E-state index in [1.165, 1.54) is 6.20 Å². The number of rotatable bonds is 3. The standard InChI is InChI=1S/C14H19NO5/c1-6-19-12(17)9-7-15-8(2)10(11(9)16)13(18)20-14(3,4)5/h7H,6H2,1-5H3,(H,15,16). The molecule has 0 saturated carbocycles. The number of ether oxygens (including phenoxy) is 2. The number of aryl methyl sites for hydroxylation is 1. The van der Waals surface area contributed by atoms with Crippen LogP contribution in [0.25, 0.3) is 0 Å². The maximum absolute atomic E-state index is 12.2. The first-order valence-electron chi connectivity index (χ1n) is 6.30. The summed E-state index contributed by atoms with van der Waals surface area (Å²) < 4.78 is 9.94. The first kappa shape index (κ1) is 15.9. The number of carbonyl (C=O) groups excluding carboxylic acids is 2. The van der Waals surface area contributed by atoms with Crippen LogP contribution < -0.4 is 5.43 Å². The van der Waals surface area contributed by atoms with Crippen LogP contribution in [0.2, 0.25) is 0 Å². The molecule has 0 aromatic carbocycles. The van der Waals surface area contributed by atoms with Gasteiger partial charge in [0.05, 0.1) is 6.61 Å². The van der Waals surface area contributed by atoms with Crippen molar-refractivity contribution in [3.05, 3.63) is 33.2 Å². The summed E-state index contributed by atoms with van der Waals surface area (Å²) >= 11 is 0. The molecule has 6 nitrogen and oxygen atoms in total. The molecule has 0 atom stereocenters. The van der Waals surface area contributed by atoms with Crippen LogP contribution in [-0.4, -0.2) is 29.1 Å². The average Bonchev–Trinajstić information content (AvgIpc) is 2.26. The van der Waals surface area contributed by atoms with Crippen molar-refractivity contribution >= 4 is 11.9 Å². The van der Waals surface area contributed by atoms with Gasteiger partial charge in [-0.25, -0.2) is 9.59 Å². The first-order valence-corrected chi connectivity index (χ1v) is 6.30. The lowest BCUT2D eigenvalue weighted by molar-refractivity contribution is 0.00667. The van der Waals surface area contributed by atoms with E-state index in [1.807, 2.05) is 0 Å². The highest BCUT2D eigenvalue weighted by Gasteiger charge is 2.25. The van der Waals surface area contributed by atoms with E-state index in [-0.39, 0.29) is 17.7 Å². The zero-order chi connectivity index (χ0) is 15.5. The van der Waals surface area contributed by atoms with Crippen LogP contribution in [0.5, 0.6) is 0 Å². The van der Waals surface area contributed by atoms with E-state index in [0.29, 0.717) is 5.69 Å². The molecule has 0 fully saturated rings. The molecule has 0 unspecified atom stereocenters. The van der Waals surface area contributed by atoms with Crippen LogP contribution in [0.4, 0.5) is 0 Å². The Bertz CT molecular complexity index is 580. The Balaban J connectivity index is 3.27. The molecule has 1 heterocycles. The monoisotopic (exact) mass is 281 g/mol. The molecule has 1 N–H and O–H groups in total. The van der Waals surface area contributed by atoms with Crippen molar-refractivity contribution in [2.45, 2.75) is 40.2 Å². The van der Waals surface area contributed by atoms with Gasteiger partial charge in [0.1, 0.15) is 16.7 Å².